The van der Waals surface area contributed by atoms with Crippen molar-refractivity contribution in [2.75, 3.05) is 18.8 Å². The molecule has 1 aromatic carbocycles. The van der Waals surface area contributed by atoms with Crippen LogP contribution in [-0.2, 0) is 0 Å². The first-order valence-electron chi connectivity index (χ1n) is 6.34. The lowest BCUT2D eigenvalue weighted by Crippen LogP contribution is -2.31. The van der Waals surface area contributed by atoms with Crippen LogP contribution in [0.2, 0.25) is 0 Å². The number of rotatable bonds is 3. The molecule has 1 aliphatic heterocycles. The second kappa shape index (κ2) is 5.07. The van der Waals surface area contributed by atoms with E-state index in [0.717, 1.165) is 18.0 Å². The van der Waals surface area contributed by atoms with Gasteiger partial charge in [0.25, 0.3) is 0 Å². The van der Waals surface area contributed by atoms with Gasteiger partial charge in [0.1, 0.15) is 0 Å². The number of β-amino-alcohol motifs (C(OH)–C–C–N with tert-alkyl or cyclic N) is 1. The van der Waals surface area contributed by atoms with Crippen LogP contribution in [0, 0.1) is 5.92 Å². The molecule has 1 aliphatic rings. The highest BCUT2D eigenvalue weighted by molar-refractivity contribution is 5.47. The van der Waals surface area contributed by atoms with Crippen LogP contribution in [0.4, 0.5) is 5.69 Å². The fourth-order valence-electron chi connectivity index (χ4n) is 2.78. The number of likely N-dealkylation sites (tertiary alicyclic amines) is 1. The fraction of sp³-hybridized carbons (Fsp3) is 0.571. The molecular weight excluding hydrogens is 212 g/mol. The highest BCUT2D eigenvalue weighted by atomic mass is 16.3. The van der Waals surface area contributed by atoms with Crippen molar-refractivity contribution >= 4 is 5.69 Å². The summed E-state index contributed by atoms with van der Waals surface area (Å²) in [5.74, 6) is 0.727. The Bertz CT molecular complexity index is 380. The summed E-state index contributed by atoms with van der Waals surface area (Å²) in [7, 11) is 0. The minimum atomic E-state index is -0.482. The monoisotopic (exact) mass is 234 g/mol. The van der Waals surface area contributed by atoms with Crippen molar-refractivity contribution in [1.82, 2.24) is 4.90 Å². The summed E-state index contributed by atoms with van der Waals surface area (Å²) < 4.78 is 0. The van der Waals surface area contributed by atoms with Crippen molar-refractivity contribution in [2.45, 2.75) is 32.4 Å². The SMILES string of the molecule is CC1CC(C)N(CC(O)c2ccccc2N)C1. The number of para-hydroxylation sites is 1. The summed E-state index contributed by atoms with van der Waals surface area (Å²) in [5.41, 5.74) is 7.41. The van der Waals surface area contributed by atoms with E-state index >= 15 is 0 Å². The first kappa shape index (κ1) is 12.4. The van der Waals surface area contributed by atoms with E-state index in [1.165, 1.54) is 6.42 Å². The Morgan fingerprint density at radius 3 is 2.71 bits per heavy atom. The van der Waals surface area contributed by atoms with Gasteiger partial charge in [0.05, 0.1) is 6.10 Å². The number of nitrogen functional groups attached to an aromatic ring is 1. The molecule has 1 heterocycles. The average Bonchev–Trinajstić information content (AvgIpc) is 2.58. The molecule has 0 bridgehead atoms. The molecule has 1 fully saturated rings. The molecule has 3 nitrogen and oxygen atoms in total. The fourth-order valence-corrected chi connectivity index (χ4v) is 2.78. The molecule has 1 saturated heterocycles. The van der Waals surface area contributed by atoms with Crippen LogP contribution in [-0.4, -0.2) is 29.1 Å². The second-order valence-electron chi connectivity index (χ2n) is 5.29. The zero-order valence-corrected chi connectivity index (χ0v) is 10.6. The zero-order valence-electron chi connectivity index (χ0n) is 10.6. The largest absolute Gasteiger partial charge is 0.398 e. The third-order valence-corrected chi connectivity index (χ3v) is 3.68. The van der Waals surface area contributed by atoms with Crippen LogP contribution >= 0.6 is 0 Å². The molecule has 3 N–H and O–H groups in total. The van der Waals surface area contributed by atoms with Gasteiger partial charge < -0.3 is 10.8 Å². The molecule has 0 saturated carbocycles. The number of aliphatic hydroxyl groups excluding tert-OH is 1. The van der Waals surface area contributed by atoms with Crippen LogP contribution < -0.4 is 5.73 Å². The Balaban J connectivity index is 2.02. The van der Waals surface area contributed by atoms with Gasteiger partial charge in [-0.3, -0.25) is 4.90 Å². The lowest BCUT2D eigenvalue weighted by atomic mass is 10.1. The van der Waals surface area contributed by atoms with Crippen LogP contribution in [0.15, 0.2) is 24.3 Å². The molecular formula is C14H22N2O. The van der Waals surface area contributed by atoms with Crippen LogP contribution in [0.3, 0.4) is 0 Å². The van der Waals surface area contributed by atoms with E-state index in [4.69, 9.17) is 5.73 Å². The van der Waals surface area contributed by atoms with Gasteiger partial charge in [0.2, 0.25) is 0 Å². The van der Waals surface area contributed by atoms with Crippen LogP contribution in [0.5, 0.6) is 0 Å². The Hall–Kier alpha value is -1.06. The quantitative estimate of drug-likeness (QED) is 0.787. The molecule has 0 spiro atoms. The predicted octanol–water partition coefficient (Wildman–Crippen LogP) is 2.03. The number of anilines is 1. The molecule has 2 rings (SSSR count). The zero-order chi connectivity index (χ0) is 12.4. The maximum absolute atomic E-state index is 10.2. The molecule has 3 unspecified atom stereocenters. The summed E-state index contributed by atoms with van der Waals surface area (Å²) >= 11 is 0. The number of hydrogen-bond donors (Lipinski definition) is 2. The summed E-state index contributed by atoms with van der Waals surface area (Å²) in [4.78, 5) is 2.35. The first-order chi connectivity index (χ1) is 8.08. The van der Waals surface area contributed by atoms with Gasteiger partial charge in [-0.05, 0) is 25.3 Å². The number of aliphatic hydroxyl groups is 1. The highest BCUT2D eigenvalue weighted by Gasteiger charge is 2.28. The molecule has 17 heavy (non-hydrogen) atoms. The van der Waals surface area contributed by atoms with Gasteiger partial charge >= 0.3 is 0 Å². The van der Waals surface area contributed by atoms with Crippen LogP contribution in [0.1, 0.15) is 31.9 Å². The van der Waals surface area contributed by atoms with E-state index in [9.17, 15) is 5.11 Å². The predicted molar refractivity (Wildman–Crippen MR) is 70.6 cm³/mol. The molecule has 0 aromatic heterocycles. The van der Waals surface area contributed by atoms with E-state index in [2.05, 4.69) is 18.7 Å². The molecule has 0 radical (unpaired) electrons. The first-order valence-corrected chi connectivity index (χ1v) is 6.34. The van der Waals surface area contributed by atoms with Crippen molar-refractivity contribution in [3.63, 3.8) is 0 Å². The number of nitrogens with zero attached hydrogens (tertiary/aromatic N) is 1. The maximum atomic E-state index is 10.2. The third kappa shape index (κ3) is 2.79. The van der Waals surface area contributed by atoms with Gasteiger partial charge in [-0.2, -0.15) is 0 Å². The second-order valence-corrected chi connectivity index (χ2v) is 5.29. The van der Waals surface area contributed by atoms with E-state index in [1.807, 2.05) is 24.3 Å². The molecule has 1 aromatic rings. The van der Waals surface area contributed by atoms with Crippen LogP contribution in [0.25, 0.3) is 0 Å². The van der Waals surface area contributed by atoms with Gasteiger partial charge in [-0.25, -0.2) is 0 Å². The van der Waals surface area contributed by atoms with Gasteiger partial charge in [0, 0.05) is 30.4 Å². The normalized spacial score (nSPS) is 27.2. The summed E-state index contributed by atoms with van der Waals surface area (Å²) in [6.07, 6.45) is 0.737. The Morgan fingerprint density at radius 1 is 1.41 bits per heavy atom. The minimum absolute atomic E-state index is 0.482. The summed E-state index contributed by atoms with van der Waals surface area (Å²) in [5, 5.41) is 10.2. The smallest absolute Gasteiger partial charge is 0.0936 e. The van der Waals surface area contributed by atoms with Crippen molar-refractivity contribution < 1.29 is 5.11 Å². The minimum Gasteiger partial charge on any atom is -0.398 e. The van der Waals surface area contributed by atoms with E-state index in [0.29, 0.717) is 18.3 Å². The Morgan fingerprint density at radius 2 is 2.12 bits per heavy atom. The van der Waals surface area contributed by atoms with Crippen molar-refractivity contribution in [1.29, 1.82) is 0 Å². The lowest BCUT2D eigenvalue weighted by molar-refractivity contribution is 0.109. The molecule has 0 aliphatic carbocycles. The van der Waals surface area contributed by atoms with Gasteiger partial charge in [-0.1, -0.05) is 25.1 Å². The van der Waals surface area contributed by atoms with Gasteiger partial charge in [-0.15, -0.1) is 0 Å². The van der Waals surface area contributed by atoms with E-state index in [1.54, 1.807) is 0 Å². The standard InChI is InChI=1S/C14H22N2O/c1-10-7-11(2)16(8-10)9-14(17)12-5-3-4-6-13(12)15/h3-6,10-11,14,17H,7-9,15H2,1-2H3. The lowest BCUT2D eigenvalue weighted by Gasteiger charge is -2.25. The Kier molecular flexibility index (Phi) is 3.69. The van der Waals surface area contributed by atoms with E-state index < -0.39 is 6.10 Å². The number of benzene rings is 1. The summed E-state index contributed by atoms with van der Waals surface area (Å²) in [6, 6.07) is 8.13. The highest BCUT2D eigenvalue weighted by Crippen LogP contribution is 2.27. The number of nitrogens with two attached hydrogens (primary N) is 1. The molecule has 3 heteroatoms. The van der Waals surface area contributed by atoms with E-state index in [-0.39, 0.29) is 0 Å². The molecule has 94 valence electrons. The van der Waals surface area contributed by atoms with Crippen molar-refractivity contribution in [2.24, 2.45) is 5.92 Å². The third-order valence-electron chi connectivity index (χ3n) is 3.68. The Labute approximate surface area is 103 Å². The van der Waals surface area contributed by atoms with Gasteiger partial charge in [0.15, 0.2) is 0 Å². The molecule has 3 atom stereocenters. The maximum Gasteiger partial charge on any atom is 0.0936 e. The average molecular weight is 234 g/mol. The van der Waals surface area contributed by atoms with Crippen molar-refractivity contribution in [3.8, 4) is 0 Å². The number of hydrogen-bond acceptors (Lipinski definition) is 3. The van der Waals surface area contributed by atoms with Crippen molar-refractivity contribution in [3.05, 3.63) is 29.8 Å². The topological polar surface area (TPSA) is 49.5 Å². The summed E-state index contributed by atoms with van der Waals surface area (Å²) in [6.45, 7) is 6.25. The molecule has 0 amide bonds.